The molecule has 1 heterocycles. The summed E-state index contributed by atoms with van der Waals surface area (Å²) < 4.78 is 6.03. The van der Waals surface area contributed by atoms with Gasteiger partial charge in [0.2, 0.25) is 5.91 Å². The van der Waals surface area contributed by atoms with E-state index >= 15 is 0 Å². The van der Waals surface area contributed by atoms with Crippen LogP contribution in [0.25, 0.3) is 11.3 Å². The maximum atomic E-state index is 11.8. The highest BCUT2D eigenvalue weighted by molar-refractivity contribution is 6.30. The second kappa shape index (κ2) is 6.36. The number of hydrogen-bond donors (Lipinski definition) is 1. The van der Waals surface area contributed by atoms with Crippen LogP contribution in [0.4, 0.5) is 0 Å². The molecule has 1 aromatic carbocycles. The average Bonchev–Trinajstić information content (AvgIpc) is 2.90. The van der Waals surface area contributed by atoms with E-state index in [1.165, 1.54) is 18.8 Å². The molecule has 0 unspecified atom stereocenters. The summed E-state index contributed by atoms with van der Waals surface area (Å²) in [5.41, 5.74) is 1.11. The molecular weight excluding hydrogens is 296 g/mol. The Kier molecular flexibility index (Phi) is 4.54. The van der Waals surface area contributed by atoms with Gasteiger partial charge in [0.25, 0.3) is 0 Å². The predicted molar refractivity (Wildman–Crippen MR) is 75.9 cm³/mol. The molecule has 0 spiro atoms. The Morgan fingerprint density at radius 3 is 2.57 bits per heavy atom. The largest absolute Gasteiger partial charge is 0.464 e. The first-order valence-electron chi connectivity index (χ1n) is 6.05. The van der Waals surface area contributed by atoms with Crippen molar-refractivity contribution in [3.63, 3.8) is 0 Å². The molecule has 0 atom stereocenters. The number of ether oxygens (including phenoxy) is 1. The van der Waals surface area contributed by atoms with Crippen molar-refractivity contribution in [1.29, 1.82) is 0 Å². The zero-order chi connectivity index (χ0) is 15.4. The lowest BCUT2D eigenvalue weighted by Gasteiger charge is -2.07. The molecule has 0 aliphatic rings. The van der Waals surface area contributed by atoms with Gasteiger partial charge in [-0.2, -0.15) is 0 Å². The van der Waals surface area contributed by atoms with E-state index in [0.29, 0.717) is 16.3 Å². The summed E-state index contributed by atoms with van der Waals surface area (Å²) in [4.78, 5) is 23.3. The first-order chi connectivity index (χ1) is 10.1. The number of likely N-dealkylation sites (N-methyl/N-ethyl adjacent to an activating group) is 1. The minimum atomic E-state index is -0.622. The molecule has 7 nitrogen and oxygen atoms in total. The normalized spacial score (nSPS) is 10.2. The Bertz CT molecular complexity index is 667. The fourth-order valence-electron chi connectivity index (χ4n) is 1.77. The molecule has 1 amide bonds. The number of nitrogens with one attached hydrogen (secondary N) is 1. The van der Waals surface area contributed by atoms with Crippen molar-refractivity contribution in [2.45, 2.75) is 6.54 Å². The summed E-state index contributed by atoms with van der Waals surface area (Å²) in [5, 5.41) is 10.7. The first kappa shape index (κ1) is 15.0. The lowest BCUT2D eigenvalue weighted by atomic mass is 10.1. The molecule has 0 fully saturated rings. The third-order valence-electron chi connectivity index (χ3n) is 2.80. The van der Waals surface area contributed by atoms with Gasteiger partial charge in [-0.3, -0.25) is 4.79 Å². The van der Waals surface area contributed by atoms with Crippen LogP contribution in [0.1, 0.15) is 10.5 Å². The number of esters is 1. The highest BCUT2D eigenvalue weighted by Gasteiger charge is 2.22. The second-order valence-electron chi connectivity index (χ2n) is 4.12. The monoisotopic (exact) mass is 308 g/mol. The minimum Gasteiger partial charge on any atom is -0.464 e. The van der Waals surface area contributed by atoms with Crippen LogP contribution in [0.5, 0.6) is 0 Å². The number of carbonyl (C=O) groups is 2. The molecule has 110 valence electrons. The van der Waals surface area contributed by atoms with E-state index in [1.807, 2.05) is 0 Å². The third kappa shape index (κ3) is 3.19. The van der Waals surface area contributed by atoms with E-state index in [-0.39, 0.29) is 18.1 Å². The first-order valence-corrected chi connectivity index (χ1v) is 6.43. The summed E-state index contributed by atoms with van der Waals surface area (Å²) in [6.07, 6.45) is 0. The number of rotatable bonds is 4. The van der Waals surface area contributed by atoms with Crippen LogP contribution in [0, 0.1) is 0 Å². The number of carbonyl (C=O) groups excluding carboxylic acids is 2. The predicted octanol–water partition coefficient (Wildman–Crippen LogP) is 1.13. The van der Waals surface area contributed by atoms with Gasteiger partial charge >= 0.3 is 5.97 Å². The van der Waals surface area contributed by atoms with Gasteiger partial charge in [0.05, 0.1) is 7.11 Å². The van der Waals surface area contributed by atoms with Gasteiger partial charge in [-0.1, -0.05) is 28.9 Å². The molecular formula is C13H13ClN4O3. The van der Waals surface area contributed by atoms with E-state index in [1.54, 1.807) is 24.3 Å². The zero-order valence-electron chi connectivity index (χ0n) is 11.5. The van der Waals surface area contributed by atoms with E-state index < -0.39 is 5.97 Å². The fraction of sp³-hybridized carbons (Fsp3) is 0.231. The second-order valence-corrected chi connectivity index (χ2v) is 4.55. The average molecular weight is 309 g/mol. The number of methoxy groups -OCH3 is 1. The van der Waals surface area contributed by atoms with Crippen molar-refractivity contribution in [2.24, 2.45) is 0 Å². The van der Waals surface area contributed by atoms with E-state index in [2.05, 4.69) is 20.4 Å². The van der Waals surface area contributed by atoms with Crippen molar-refractivity contribution >= 4 is 23.5 Å². The van der Waals surface area contributed by atoms with Gasteiger partial charge in [0, 0.05) is 17.6 Å². The van der Waals surface area contributed by atoms with Crippen LogP contribution in [-0.4, -0.2) is 41.0 Å². The van der Waals surface area contributed by atoms with Gasteiger partial charge in [0.1, 0.15) is 12.2 Å². The molecule has 0 aliphatic carbocycles. The van der Waals surface area contributed by atoms with Gasteiger partial charge in [-0.25, -0.2) is 9.48 Å². The minimum absolute atomic E-state index is 0.0451. The Morgan fingerprint density at radius 1 is 1.33 bits per heavy atom. The standard InChI is InChI=1S/C13H13ClN4O3/c1-15-10(19)7-18-12(8-3-5-9(14)6-4-8)11(16-17-18)13(20)21-2/h3-6H,7H2,1-2H3,(H,15,19). The summed E-state index contributed by atoms with van der Waals surface area (Å²) in [5.74, 6) is -0.880. The van der Waals surface area contributed by atoms with Crippen LogP contribution in [0.2, 0.25) is 5.02 Å². The molecule has 0 aliphatic heterocycles. The zero-order valence-corrected chi connectivity index (χ0v) is 12.2. The summed E-state index contributed by atoms with van der Waals surface area (Å²) in [6, 6.07) is 6.78. The molecule has 0 saturated carbocycles. The van der Waals surface area contributed by atoms with Crippen molar-refractivity contribution in [2.75, 3.05) is 14.2 Å². The van der Waals surface area contributed by atoms with Crippen molar-refractivity contribution in [3.8, 4) is 11.3 Å². The van der Waals surface area contributed by atoms with Gasteiger partial charge in [-0.15, -0.1) is 5.10 Å². The molecule has 0 bridgehead atoms. The molecule has 0 radical (unpaired) electrons. The Balaban J connectivity index is 2.52. The highest BCUT2D eigenvalue weighted by Crippen LogP contribution is 2.24. The SMILES string of the molecule is CNC(=O)Cn1nnc(C(=O)OC)c1-c1ccc(Cl)cc1. The lowest BCUT2D eigenvalue weighted by Crippen LogP contribution is -2.24. The van der Waals surface area contributed by atoms with Crippen molar-refractivity contribution in [3.05, 3.63) is 35.0 Å². The summed E-state index contributed by atoms with van der Waals surface area (Å²) in [7, 11) is 2.77. The topological polar surface area (TPSA) is 86.1 Å². The smallest absolute Gasteiger partial charge is 0.360 e. The Labute approximate surface area is 125 Å². The van der Waals surface area contributed by atoms with Gasteiger partial charge in [-0.05, 0) is 12.1 Å². The third-order valence-corrected chi connectivity index (χ3v) is 3.06. The van der Waals surface area contributed by atoms with Crippen LogP contribution in [0.3, 0.4) is 0 Å². The van der Waals surface area contributed by atoms with E-state index in [0.717, 1.165) is 0 Å². The molecule has 1 N–H and O–H groups in total. The highest BCUT2D eigenvalue weighted by atomic mass is 35.5. The Morgan fingerprint density at radius 2 is 2.00 bits per heavy atom. The van der Waals surface area contributed by atoms with E-state index in [4.69, 9.17) is 11.6 Å². The summed E-state index contributed by atoms with van der Waals surface area (Å²) >= 11 is 5.86. The number of hydrogen-bond acceptors (Lipinski definition) is 5. The maximum Gasteiger partial charge on any atom is 0.360 e. The fourth-order valence-corrected chi connectivity index (χ4v) is 1.89. The van der Waals surface area contributed by atoms with Crippen LogP contribution in [0.15, 0.2) is 24.3 Å². The van der Waals surface area contributed by atoms with Gasteiger partial charge in [0.15, 0.2) is 5.69 Å². The molecule has 0 saturated heterocycles. The van der Waals surface area contributed by atoms with E-state index in [9.17, 15) is 9.59 Å². The van der Waals surface area contributed by atoms with Crippen LogP contribution >= 0.6 is 11.6 Å². The van der Waals surface area contributed by atoms with Crippen molar-refractivity contribution in [1.82, 2.24) is 20.3 Å². The maximum absolute atomic E-state index is 11.8. The Hall–Kier alpha value is -2.41. The number of benzene rings is 1. The number of nitrogens with zero attached hydrogens (tertiary/aromatic N) is 3. The summed E-state index contributed by atoms with van der Waals surface area (Å²) in [6.45, 7) is -0.0571. The van der Waals surface area contributed by atoms with Gasteiger partial charge < -0.3 is 10.1 Å². The molecule has 21 heavy (non-hydrogen) atoms. The number of aromatic nitrogens is 3. The van der Waals surface area contributed by atoms with Crippen LogP contribution in [-0.2, 0) is 16.1 Å². The molecule has 8 heteroatoms. The van der Waals surface area contributed by atoms with Crippen LogP contribution < -0.4 is 5.32 Å². The lowest BCUT2D eigenvalue weighted by molar-refractivity contribution is -0.121. The number of amides is 1. The quantitative estimate of drug-likeness (QED) is 0.856. The molecule has 2 rings (SSSR count). The van der Waals surface area contributed by atoms with Crippen molar-refractivity contribution < 1.29 is 14.3 Å². The number of halogens is 1. The molecule has 1 aromatic heterocycles. The molecule has 2 aromatic rings.